The predicted molar refractivity (Wildman–Crippen MR) is 169 cm³/mol. The summed E-state index contributed by atoms with van der Waals surface area (Å²) in [6.07, 6.45) is 19.0. The zero-order valence-corrected chi connectivity index (χ0v) is 28.1. The second-order valence-electron chi connectivity index (χ2n) is 12.3. The molecular weight excluding hydrogens is 557 g/mol. The molecule has 0 saturated carbocycles. The summed E-state index contributed by atoms with van der Waals surface area (Å²) >= 11 is 0. The second kappa shape index (κ2) is 26.4. The number of phosphoric acid groups is 1. The van der Waals surface area contributed by atoms with Crippen molar-refractivity contribution >= 4 is 19.8 Å². The highest BCUT2D eigenvalue weighted by molar-refractivity contribution is 7.47. The summed E-state index contributed by atoms with van der Waals surface area (Å²) in [7, 11) is 1.46. The third kappa shape index (κ3) is 29.1. The average Bonchev–Trinajstić information content (AvgIpc) is 2.92. The van der Waals surface area contributed by atoms with Gasteiger partial charge in [0, 0.05) is 12.8 Å². The number of hydrogen-bond acceptors (Lipinski definition) is 7. The number of rotatable bonds is 30. The Kier molecular flexibility index (Phi) is 25.8. The fourth-order valence-corrected chi connectivity index (χ4v) is 5.02. The number of hydrogen-bond donors (Lipinski definition) is 1. The summed E-state index contributed by atoms with van der Waals surface area (Å²) in [4.78, 5) is 34.8. The summed E-state index contributed by atoms with van der Waals surface area (Å²) in [6, 6.07) is 0. The van der Waals surface area contributed by atoms with E-state index < -0.39 is 26.5 Å². The molecule has 1 unspecified atom stereocenters. The molecule has 0 rings (SSSR count). The lowest BCUT2D eigenvalue weighted by atomic mass is 10.1. The number of ether oxygens (including phenoxy) is 2. The lowest BCUT2D eigenvalue weighted by molar-refractivity contribution is -0.870. The first kappa shape index (κ1) is 41.0. The summed E-state index contributed by atoms with van der Waals surface area (Å²) < 4.78 is 33.9. The molecule has 0 radical (unpaired) electrons. The molecular formula is C32H63NO8P-. The van der Waals surface area contributed by atoms with E-state index in [1.807, 2.05) is 21.1 Å². The number of phosphoric ester groups is 1. The van der Waals surface area contributed by atoms with Crippen LogP contribution in [0, 0.1) is 13.8 Å². The van der Waals surface area contributed by atoms with Gasteiger partial charge >= 0.3 is 19.8 Å². The van der Waals surface area contributed by atoms with E-state index in [1.54, 1.807) is 0 Å². The summed E-state index contributed by atoms with van der Waals surface area (Å²) in [5, 5.41) is 0. The lowest BCUT2D eigenvalue weighted by Crippen LogP contribution is -2.37. The van der Waals surface area contributed by atoms with Gasteiger partial charge in [-0.25, -0.2) is 4.57 Å². The fraction of sp³-hybridized carbons (Fsp3) is 0.875. The van der Waals surface area contributed by atoms with E-state index in [-0.39, 0.29) is 32.0 Å². The van der Waals surface area contributed by atoms with Gasteiger partial charge in [-0.15, -0.1) is 0 Å². The Bertz CT molecular complexity index is 713. The van der Waals surface area contributed by atoms with E-state index in [0.717, 1.165) is 57.8 Å². The van der Waals surface area contributed by atoms with Crippen molar-refractivity contribution in [2.24, 2.45) is 0 Å². The molecule has 42 heavy (non-hydrogen) atoms. The maximum absolute atomic E-state index is 12.5. The maximum atomic E-state index is 12.5. The Labute approximate surface area is 257 Å². The van der Waals surface area contributed by atoms with Crippen molar-refractivity contribution in [3.8, 4) is 0 Å². The molecule has 0 heterocycles. The van der Waals surface area contributed by atoms with Crippen LogP contribution in [-0.4, -0.2) is 74.9 Å². The largest absolute Gasteiger partial charge is 0.472 e. The average molecular weight is 621 g/mol. The van der Waals surface area contributed by atoms with E-state index in [2.05, 4.69) is 13.8 Å². The minimum Gasteiger partial charge on any atom is -0.462 e. The van der Waals surface area contributed by atoms with Crippen molar-refractivity contribution in [2.45, 2.75) is 135 Å². The van der Waals surface area contributed by atoms with Gasteiger partial charge in [0.05, 0.1) is 27.7 Å². The molecule has 250 valence electrons. The standard InChI is InChI=1S/C32H63NO8P/c1-6-8-10-12-14-16-17-19-20-22-24-31(34)38-28-30(29-40-42(36,37)39-27-26-33(3,4)5)41-32(35)25-23-21-18-15-13-11-9-7-2/h30H,1-2,6-29H2,3-5H3,(H,36,37)/q-1/t30-/m1/s1. The molecule has 0 spiro atoms. The third-order valence-corrected chi connectivity index (χ3v) is 7.91. The first-order valence-corrected chi connectivity index (χ1v) is 17.8. The van der Waals surface area contributed by atoms with Crippen molar-refractivity contribution in [2.75, 3.05) is 47.5 Å². The number of likely N-dealkylation sites (N-methyl/N-ethyl adjacent to an activating group) is 1. The highest BCUT2D eigenvalue weighted by atomic mass is 31.2. The Balaban J connectivity index is 4.49. The van der Waals surface area contributed by atoms with Gasteiger partial charge in [0.2, 0.25) is 0 Å². The Hall–Kier alpha value is -0.990. The number of carbonyl (C=O) groups is 2. The smallest absolute Gasteiger partial charge is 0.462 e. The van der Waals surface area contributed by atoms with E-state index in [9.17, 15) is 19.0 Å². The molecule has 9 nitrogen and oxygen atoms in total. The quantitative estimate of drug-likeness (QED) is 0.0286. The van der Waals surface area contributed by atoms with Crippen LogP contribution in [0.15, 0.2) is 0 Å². The molecule has 0 aromatic heterocycles. The molecule has 0 aliphatic heterocycles. The van der Waals surface area contributed by atoms with E-state index in [4.69, 9.17) is 18.5 Å². The highest BCUT2D eigenvalue weighted by Gasteiger charge is 2.27. The zero-order chi connectivity index (χ0) is 31.5. The van der Waals surface area contributed by atoms with Crippen LogP contribution in [0.3, 0.4) is 0 Å². The molecule has 0 aromatic carbocycles. The molecule has 0 aliphatic carbocycles. The third-order valence-electron chi connectivity index (χ3n) is 6.93. The Morgan fingerprint density at radius 3 is 1.55 bits per heavy atom. The van der Waals surface area contributed by atoms with Crippen LogP contribution in [0.25, 0.3) is 0 Å². The topological polar surface area (TPSA) is 108 Å². The molecule has 0 saturated heterocycles. The van der Waals surface area contributed by atoms with Crippen LogP contribution in [0.5, 0.6) is 0 Å². The van der Waals surface area contributed by atoms with Crippen LogP contribution in [-0.2, 0) is 32.7 Å². The van der Waals surface area contributed by atoms with Crippen LogP contribution in [0.2, 0.25) is 0 Å². The zero-order valence-electron chi connectivity index (χ0n) is 27.2. The van der Waals surface area contributed by atoms with Gasteiger partial charge in [-0.2, -0.15) is 12.8 Å². The first-order chi connectivity index (χ1) is 20.0. The number of esters is 2. The number of nitrogens with zero attached hydrogens (tertiary/aromatic N) is 1. The predicted octanol–water partition coefficient (Wildman–Crippen LogP) is 7.75. The molecule has 0 bridgehead atoms. The minimum atomic E-state index is -4.35. The van der Waals surface area contributed by atoms with Gasteiger partial charge in [-0.05, 0) is 12.8 Å². The van der Waals surface area contributed by atoms with E-state index in [1.165, 1.54) is 51.4 Å². The molecule has 0 aromatic rings. The highest BCUT2D eigenvalue weighted by Crippen LogP contribution is 2.43. The van der Waals surface area contributed by atoms with Crippen LogP contribution in [0.4, 0.5) is 0 Å². The maximum Gasteiger partial charge on any atom is 0.472 e. The lowest BCUT2D eigenvalue weighted by Gasteiger charge is -2.24. The summed E-state index contributed by atoms with van der Waals surface area (Å²) in [5.74, 6) is -0.823. The minimum absolute atomic E-state index is 0.0304. The van der Waals surface area contributed by atoms with Crippen molar-refractivity contribution < 1.29 is 42.1 Å². The van der Waals surface area contributed by atoms with Crippen LogP contribution in [0.1, 0.15) is 128 Å². The van der Waals surface area contributed by atoms with Crippen molar-refractivity contribution in [3.05, 3.63) is 13.8 Å². The van der Waals surface area contributed by atoms with Crippen LogP contribution < -0.4 is 0 Å². The molecule has 0 amide bonds. The number of quaternary nitrogens is 1. The van der Waals surface area contributed by atoms with Gasteiger partial charge in [0.25, 0.3) is 0 Å². The van der Waals surface area contributed by atoms with E-state index >= 15 is 0 Å². The molecule has 1 N–H and O–H groups in total. The molecule has 10 heteroatoms. The van der Waals surface area contributed by atoms with Gasteiger partial charge in [0.15, 0.2) is 6.10 Å². The molecule has 0 fully saturated rings. The van der Waals surface area contributed by atoms with E-state index in [0.29, 0.717) is 17.4 Å². The van der Waals surface area contributed by atoms with Crippen LogP contribution >= 0.6 is 7.82 Å². The fourth-order valence-electron chi connectivity index (χ4n) is 4.28. The number of carbonyl (C=O) groups excluding carboxylic acids is 2. The van der Waals surface area contributed by atoms with Gasteiger partial charge in [-0.1, -0.05) is 89.9 Å². The Morgan fingerprint density at radius 2 is 1.10 bits per heavy atom. The normalized spacial score (nSPS) is 14.0. The summed E-state index contributed by atoms with van der Waals surface area (Å²) in [5.41, 5.74) is 0. The monoisotopic (exact) mass is 620 g/mol. The molecule has 0 aliphatic rings. The van der Waals surface area contributed by atoms with Crippen molar-refractivity contribution in [1.29, 1.82) is 0 Å². The first-order valence-electron chi connectivity index (χ1n) is 16.3. The summed E-state index contributed by atoms with van der Waals surface area (Å²) in [6.45, 7) is 7.63. The SMILES string of the molecule is [CH2-]CCCCCCCCCCCC(=O)OC[C@H](COP(=O)(O)OCC[N+](C)(C)C)OC(=O)CCCCCCCCC[CH2-]. The van der Waals surface area contributed by atoms with Crippen molar-refractivity contribution in [3.63, 3.8) is 0 Å². The van der Waals surface area contributed by atoms with Gasteiger partial charge in [0.1, 0.15) is 19.8 Å². The second-order valence-corrected chi connectivity index (χ2v) is 13.7. The Morgan fingerprint density at radius 1 is 0.667 bits per heavy atom. The molecule has 2 atom stereocenters. The number of unbranched alkanes of at least 4 members (excludes halogenated alkanes) is 16. The van der Waals surface area contributed by atoms with Gasteiger partial charge in [-0.3, -0.25) is 18.6 Å². The van der Waals surface area contributed by atoms with Crippen molar-refractivity contribution in [1.82, 2.24) is 0 Å². The van der Waals surface area contributed by atoms with Gasteiger partial charge < -0.3 is 32.7 Å².